The second-order valence-electron chi connectivity index (χ2n) is 9.02. The topological polar surface area (TPSA) is 86.8 Å². The van der Waals surface area contributed by atoms with Gasteiger partial charge in [-0.15, -0.1) is 0 Å². The zero-order valence-corrected chi connectivity index (χ0v) is 23.7. The van der Waals surface area contributed by atoms with Gasteiger partial charge in [0.25, 0.3) is 0 Å². The van der Waals surface area contributed by atoms with Gasteiger partial charge < -0.3 is 10.2 Å². The van der Waals surface area contributed by atoms with E-state index in [-0.39, 0.29) is 27.3 Å². The zero-order valence-electron chi connectivity index (χ0n) is 19.9. The predicted octanol–water partition coefficient (Wildman–Crippen LogP) is 5.40. The Balaban J connectivity index is 2.49. The third-order valence-electron chi connectivity index (χ3n) is 4.90. The maximum Gasteiger partial charge on any atom is 0.244 e. The summed E-state index contributed by atoms with van der Waals surface area (Å²) in [5.41, 5.74) is 0.0365. The minimum absolute atomic E-state index is 0.00574. The normalized spacial score (nSPS) is 12.7. The molecule has 0 radical (unpaired) electrons. The molecular weight excluding hydrogens is 556 g/mol. The van der Waals surface area contributed by atoms with Crippen molar-refractivity contribution >= 4 is 73.9 Å². The molecule has 0 saturated carbocycles. The molecule has 0 saturated heterocycles. The van der Waals surface area contributed by atoms with Crippen LogP contribution >= 0.6 is 46.4 Å². The molecule has 12 heteroatoms. The average molecular weight is 583 g/mol. The molecule has 1 N–H and O–H groups in total. The minimum atomic E-state index is -3.98. The fraction of sp³-hybridized carbons (Fsp3) is 0.391. The molecule has 0 aromatic heterocycles. The van der Waals surface area contributed by atoms with Crippen LogP contribution in [0.1, 0.15) is 33.3 Å². The Morgan fingerprint density at radius 1 is 0.971 bits per heavy atom. The number of nitrogens with zero attached hydrogens (tertiary/aromatic N) is 2. The first-order valence-electron chi connectivity index (χ1n) is 10.5. The van der Waals surface area contributed by atoms with Crippen LogP contribution in [0.4, 0.5) is 5.69 Å². The molecule has 0 heterocycles. The van der Waals surface area contributed by atoms with Crippen molar-refractivity contribution in [2.24, 2.45) is 0 Å². The summed E-state index contributed by atoms with van der Waals surface area (Å²) in [7, 11) is -3.98. The van der Waals surface area contributed by atoms with Crippen LogP contribution in [0.3, 0.4) is 0 Å². The summed E-state index contributed by atoms with van der Waals surface area (Å²) in [5.74, 6) is -1.05. The van der Waals surface area contributed by atoms with Crippen LogP contribution in [0.15, 0.2) is 36.4 Å². The highest BCUT2D eigenvalue weighted by Crippen LogP contribution is 2.35. The Hall–Kier alpha value is -1.71. The lowest BCUT2D eigenvalue weighted by atomic mass is 10.1. The summed E-state index contributed by atoms with van der Waals surface area (Å²) < 4.78 is 26.2. The summed E-state index contributed by atoms with van der Waals surface area (Å²) >= 11 is 24.6. The van der Waals surface area contributed by atoms with Gasteiger partial charge in [0, 0.05) is 17.1 Å². The van der Waals surface area contributed by atoms with Crippen molar-refractivity contribution in [2.45, 2.75) is 45.8 Å². The highest BCUT2D eigenvalue weighted by molar-refractivity contribution is 7.92. The molecule has 0 unspecified atom stereocenters. The molecule has 0 aliphatic rings. The van der Waals surface area contributed by atoms with E-state index in [1.807, 2.05) is 20.8 Å². The Morgan fingerprint density at radius 3 is 2.09 bits per heavy atom. The number of rotatable bonds is 8. The predicted molar refractivity (Wildman–Crippen MR) is 143 cm³/mol. The lowest BCUT2D eigenvalue weighted by Crippen LogP contribution is -2.54. The molecule has 0 aliphatic carbocycles. The van der Waals surface area contributed by atoms with Crippen molar-refractivity contribution < 1.29 is 18.0 Å². The third-order valence-corrected chi connectivity index (χ3v) is 7.42. The number of halogens is 4. The summed E-state index contributed by atoms with van der Waals surface area (Å²) in [6, 6.07) is 8.51. The van der Waals surface area contributed by atoms with E-state index in [2.05, 4.69) is 5.32 Å². The minimum Gasteiger partial charge on any atom is -0.350 e. The van der Waals surface area contributed by atoms with E-state index in [0.717, 1.165) is 10.6 Å². The molecule has 7 nitrogen and oxygen atoms in total. The maximum absolute atomic E-state index is 13.6. The van der Waals surface area contributed by atoms with E-state index >= 15 is 0 Å². The Kier molecular flexibility index (Phi) is 9.75. The molecule has 0 spiro atoms. The van der Waals surface area contributed by atoms with Crippen LogP contribution in [-0.2, 0) is 26.2 Å². The number of sulfonamides is 1. The molecule has 0 fully saturated rings. The lowest BCUT2D eigenvalue weighted by molar-refractivity contribution is -0.140. The van der Waals surface area contributed by atoms with E-state index in [0.29, 0.717) is 10.6 Å². The van der Waals surface area contributed by atoms with Gasteiger partial charge in [-0.25, -0.2) is 8.42 Å². The van der Waals surface area contributed by atoms with Gasteiger partial charge in [0.1, 0.15) is 12.6 Å². The number of nitrogens with one attached hydrogen (secondary N) is 1. The number of anilines is 1. The van der Waals surface area contributed by atoms with Crippen LogP contribution in [-0.4, -0.2) is 49.5 Å². The molecule has 0 bridgehead atoms. The maximum atomic E-state index is 13.6. The van der Waals surface area contributed by atoms with Gasteiger partial charge in [-0.1, -0.05) is 64.6 Å². The highest BCUT2D eigenvalue weighted by atomic mass is 35.5. The lowest BCUT2D eigenvalue weighted by Gasteiger charge is -2.33. The number of amides is 2. The number of benzene rings is 2. The SMILES string of the molecule is C[C@@H](C(=O)NC(C)(C)C)N(Cc1ccccc1Cl)C(=O)CN(c1cc(Cl)c(Cl)cc1Cl)S(C)(=O)=O. The number of hydrogen-bond acceptors (Lipinski definition) is 4. The molecule has 2 aromatic rings. The molecule has 35 heavy (non-hydrogen) atoms. The first-order valence-corrected chi connectivity index (χ1v) is 13.8. The molecule has 0 aliphatic heterocycles. The van der Waals surface area contributed by atoms with Gasteiger partial charge in [0.05, 0.1) is 27.0 Å². The van der Waals surface area contributed by atoms with Crippen molar-refractivity contribution in [3.63, 3.8) is 0 Å². The van der Waals surface area contributed by atoms with Gasteiger partial charge in [-0.3, -0.25) is 13.9 Å². The molecule has 2 rings (SSSR count). The van der Waals surface area contributed by atoms with Crippen LogP contribution in [0.5, 0.6) is 0 Å². The molecule has 192 valence electrons. The van der Waals surface area contributed by atoms with E-state index in [1.54, 1.807) is 31.2 Å². The summed E-state index contributed by atoms with van der Waals surface area (Å²) in [6.45, 7) is 6.35. The van der Waals surface area contributed by atoms with Gasteiger partial charge in [-0.2, -0.15) is 0 Å². The Labute approximate surface area is 226 Å². The standard InChI is InChI=1S/C23H27Cl4N3O4S/c1-14(22(32)28-23(2,3)4)29(12-15-8-6-7-9-16(15)24)21(31)13-30(35(5,33)34)20-11-18(26)17(25)10-19(20)27/h6-11,14H,12-13H2,1-5H3,(H,28,32)/t14-/m0/s1. The van der Waals surface area contributed by atoms with Gasteiger partial charge >= 0.3 is 0 Å². The molecule has 2 amide bonds. The van der Waals surface area contributed by atoms with E-state index < -0.39 is 40.0 Å². The van der Waals surface area contributed by atoms with E-state index in [1.165, 1.54) is 17.0 Å². The van der Waals surface area contributed by atoms with Crippen LogP contribution in [0.2, 0.25) is 20.1 Å². The molecule has 2 aromatic carbocycles. The zero-order chi connectivity index (χ0) is 26.7. The van der Waals surface area contributed by atoms with E-state index in [9.17, 15) is 18.0 Å². The average Bonchev–Trinajstić information content (AvgIpc) is 2.71. The van der Waals surface area contributed by atoms with Crippen molar-refractivity contribution in [2.75, 3.05) is 17.1 Å². The smallest absolute Gasteiger partial charge is 0.244 e. The number of hydrogen-bond donors (Lipinski definition) is 1. The van der Waals surface area contributed by atoms with Crippen molar-refractivity contribution in [1.29, 1.82) is 0 Å². The van der Waals surface area contributed by atoms with Crippen LogP contribution in [0.25, 0.3) is 0 Å². The third kappa shape index (κ3) is 8.15. The largest absolute Gasteiger partial charge is 0.350 e. The van der Waals surface area contributed by atoms with Crippen LogP contribution in [0, 0.1) is 0 Å². The van der Waals surface area contributed by atoms with E-state index in [4.69, 9.17) is 46.4 Å². The van der Waals surface area contributed by atoms with Crippen LogP contribution < -0.4 is 9.62 Å². The molecular formula is C23H27Cl4N3O4S. The first kappa shape index (κ1) is 29.5. The fourth-order valence-corrected chi connectivity index (χ4v) is 4.91. The quantitative estimate of drug-likeness (QED) is 0.422. The fourth-order valence-electron chi connectivity index (χ4n) is 3.16. The van der Waals surface area contributed by atoms with Crippen molar-refractivity contribution in [1.82, 2.24) is 10.2 Å². The number of carbonyl (C=O) groups excluding carboxylic acids is 2. The summed E-state index contributed by atoms with van der Waals surface area (Å²) in [5, 5.41) is 3.44. The second-order valence-corrected chi connectivity index (χ2v) is 12.6. The Morgan fingerprint density at radius 2 is 1.54 bits per heavy atom. The first-order chi connectivity index (χ1) is 16.0. The van der Waals surface area contributed by atoms with Gasteiger partial charge in [0.2, 0.25) is 21.8 Å². The van der Waals surface area contributed by atoms with Gasteiger partial charge in [-0.05, 0) is 51.5 Å². The highest BCUT2D eigenvalue weighted by Gasteiger charge is 2.32. The van der Waals surface area contributed by atoms with Gasteiger partial charge in [0.15, 0.2) is 0 Å². The molecule has 1 atom stereocenters. The summed E-state index contributed by atoms with van der Waals surface area (Å²) in [4.78, 5) is 27.8. The summed E-state index contributed by atoms with van der Waals surface area (Å²) in [6.07, 6.45) is 0.938. The van der Waals surface area contributed by atoms with Crippen molar-refractivity contribution in [3.8, 4) is 0 Å². The number of carbonyl (C=O) groups is 2. The monoisotopic (exact) mass is 581 g/mol. The second kappa shape index (κ2) is 11.6. The van der Waals surface area contributed by atoms with Crippen molar-refractivity contribution in [3.05, 3.63) is 62.1 Å². The Bertz CT molecular complexity index is 1220.